The Balaban J connectivity index is 1.61. The van der Waals surface area contributed by atoms with E-state index in [1.165, 1.54) is 6.20 Å². The first-order chi connectivity index (χ1) is 15.2. The molecule has 2 heterocycles. The van der Waals surface area contributed by atoms with Gasteiger partial charge in [0, 0.05) is 43.8 Å². The molecule has 2 fully saturated rings. The number of nitrogens with two attached hydrogens (primary N) is 1. The summed E-state index contributed by atoms with van der Waals surface area (Å²) in [6.07, 6.45) is 3.77. The predicted molar refractivity (Wildman–Crippen MR) is 120 cm³/mol. The van der Waals surface area contributed by atoms with E-state index in [2.05, 4.69) is 0 Å². The fraction of sp³-hybridized carbons (Fsp3) is 0.522. The molecular weight excluding hydrogens is 415 g/mol. The van der Waals surface area contributed by atoms with Gasteiger partial charge in [-0.1, -0.05) is 13.8 Å². The average molecular weight is 445 g/mol. The van der Waals surface area contributed by atoms with Crippen molar-refractivity contribution in [2.45, 2.75) is 45.2 Å². The molecule has 172 valence electrons. The zero-order chi connectivity index (χ0) is 23.2. The van der Waals surface area contributed by atoms with Crippen LogP contribution in [-0.4, -0.2) is 58.7 Å². The van der Waals surface area contributed by atoms with E-state index in [1.807, 2.05) is 18.7 Å². The van der Waals surface area contributed by atoms with Crippen molar-refractivity contribution in [1.29, 1.82) is 0 Å². The summed E-state index contributed by atoms with van der Waals surface area (Å²) in [7, 11) is 0. The highest BCUT2D eigenvalue weighted by molar-refractivity contribution is 5.93. The van der Waals surface area contributed by atoms with Crippen molar-refractivity contribution >= 4 is 28.5 Å². The lowest BCUT2D eigenvalue weighted by atomic mass is 10.0. The number of piperazine rings is 1. The number of carboxylic acids is 1. The number of carbonyl (C=O) groups is 2. The third-order valence-corrected chi connectivity index (χ3v) is 6.25. The standard InChI is InChI=1S/C23H29FN4O4/c1-13(2)9-18(25)22(30)27-7-5-26(6-8-27)20-11-19-15(10-17(20)24)21(29)16(23(31)32)12-28(19)14-3-4-14/h10-14,18H,3-9,25H2,1-2H3,(H,31,32). The van der Waals surface area contributed by atoms with Gasteiger partial charge in [0.25, 0.3) is 0 Å². The largest absolute Gasteiger partial charge is 0.477 e. The molecule has 0 spiro atoms. The van der Waals surface area contributed by atoms with Crippen LogP contribution in [0.25, 0.3) is 10.9 Å². The fourth-order valence-electron chi connectivity index (χ4n) is 4.42. The molecule has 1 aliphatic carbocycles. The highest BCUT2D eigenvalue weighted by atomic mass is 19.1. The first kappa shape index (κ1) is 22.3. The van der Waals surface area contributed by atoms with Crippen molar-refractivity contribution in [1.82, 2.24) is 9.47 Å². The van der Waals surface area contributed by atoms with Crippen LogP contribution in [0.1, 0.15) is 49.5 Å². The molecule has 2 aromatic rings. The van der Waals surface area contributed by atoms with Crippen molar-refractivity contribution in [3.63, 3.8) is 0 Å². The van der Waals surface area contributed by atoms with Crippen LogP contribution in [-0.2, 0) is 4.79 Å². The van der Waals surface area contributed by atoms with E-state index in [4.69, 9.17) is 5.73 Å². The van der Waals surface area contributed by atoms with E-state index in [0.717, 1.165) is 18.9 Å². The van der Waals surface area contributed by atoms with E-state index >= 15 is 4.39 Å². The molecule has 3 N–H and O–H groups in total. The number of pyridine rings is 1. The average Bonchev–Trinajstić information content (AvgIpc) is 3.58. The maximum absolute atomic E-state index is 15.1. The lowest BCUT2D eigenvalue weighted by Crippen LogP contribution is -2.53. The number of anilines is 1. The van der Waals surface area contributed by atoms with Gasteiger partial charge in [0.2, 0.25) is 11.3 Å². The Morgan fingerprint density at radius 3 is 2.41 bits per heavy atom. The Labute approximate surface area is 185 Å². The molecule has 32 heavy (non-hydrogen) atoms. The van der Waals surface area contributed by atoms with Crippen LogP contribution in [0.3, 0.4) is 0 Å². The summed E-state index contributed by atoms with van der Waals surface area (Å²) in [4.78, 5) is 40.3. The minimum atomic E-state index is -1.31. The van der Waals surface area contributed by atoms with Gasteiger partial charge < -0.3 is 25.2 Å². The van der Waals surface area contributed by atoms with Crippen LogP contribution >= 0.6 is 0 Å². The van der Waals surface area contributed by atoms with Crippen molar-refractivity contribution in [3.05, 3.63) is 39.9 Å². The topological polar surface area (TPSA) is 109 Å². The first-order valence-corrected chi connectivity index (χ1v) is 11.1. The normalized spacial score (nSPS) is 17.8. The zero-order valence-electron chi connectivity index (χ0n) is 18.4. The first-order valence-electron chi connectivity index (χ1n) is 11.1. The summed E-state index contributed by atoms with van der Waals surface area (Å²) in [6, 6.07) is 2.37. The molecule has 4 rings (SSSR count). The van der Waals surface area contributed by atoms with Crippen molar-refractivity contribution in [2.24, 2.45) is 11.7 Å². The van der Waals surface area contributed by atoms with Crippen molar-refractivity contribution in [2.75, 3.05) is 31.1 Å². The van der Waals surface area contributed by atoms with E-state index in [1.54, 1.807) is 15.5 Å². The minimum absolute atomic E-state index is 0.0755. The molecule has 1 aromatic heterocycles. The van der Waals surface area contributed by atoms with Gasteiger partial charge >= 0.3 is 5.97 Å². The number of amides is 1. The SMILES string of the molecule is CC(C)CC(N)C(=O)N1CCN(c2cc3c(cc2F)c(=O)c(C(=O)O)cn3C2CC2)CC1. The highest BCUT2D eigenvalue weighted by Crippen LogP contribution is 2.38. The molecule has 1 unspecified atom stereocenters. The molecule has 8 nitrogen and oxygen atoms in total. The summed E-state index contributed by atoms with van der Waals surface area (Å²) in [5.41, 5.74) is 5.91. The Kier molecular flexibility index (Phi) is 5.94. The second-order valence-electron chi connectivity index (χ2n) is 9.18. The van der Waals surface area contributed by atoms with Gasteiger partial charge in [-0.15, -0.1) is 0 Å². The molecule has 1 atom stereocenters. The van der Waals surface area contributed by atoms with Gasteiger partial charge in [0.1, 0.15) is 11.4 Å². The molecule has 9 heteroatoms. The van der Waals surface area contributed by atoms with Gasteiger partial charge in [-0.05, 0) is 37.3 Å². The molecule has 1 saturated carbocycles. The molecule has 1 amide bonds. The van der Waals surface area contributed by atoms with Crippen molar-refractivity contribution < 1.29 is 19.1 Å². The third kappa shape index (κ3) is 4.21. The number of fused-ring (bicyclic) bond motifs is 1. The third-order valence-electron chi connectivity index (χ3n) is 6.25. The number of aromatic nitrogens is 1. The number of halogens is 1. The summed E-state index contributed by atoms with van der Waals surface area (Å²) in [5.74, 6) is -1.64. The van der Waals surface area contributed by atoms with Gasteiger partial charge in [-0.2, -0.15) is 0 Å². The Morgan fingerprint density at radius 2 is 1.84 bits per heavy atom. The van der Waals surface area contributed by atoms with Crippen LogP contribution in [0.4, 0.5) is 10.1 Å². The number of nitrogens with zero attached hydrogens (tertiary/aromatic N) is 3. The van der Waals surface area contributed by atoms with E-state index in [0.29, 0.717) is 49.7 Å². The minimum Gasteiger partial charge on any atom is -0.477 e. The number of carbonyl (C=O) groups excluding carboxylic acids is 1. The van der Waals surface area contributed by atoms with E-state index in [-0.39, 0.29) is 22.9 Å². The summed E-state index contributed by atoms with van der Waals surface area (Å²) in [6.45, 7) is 5.82. The van der Waals surface area contributed by atoms with Crippen LogP contribution in [0.15, 0.2) is 23.1 Å². The second kappa shape index (κ2) is 8.54. The molecule has 0 bridgehead atoms. The Morgan fingerprint density at radius 1 is 1.19 bits per heavy atom. The zero-order valence-corrected chi connectivity index (χ0v) is 18.4. The van der Waals surface area contributed by atoms with Gasteiger partial charge in [-0.3, -0.25) is 9.59 Å². The summed E-state index contributed by atoms with van der Waals surface area (Å²) in [5, 5.41) is 9.46. The van der Waals surface area contributed by atoms with Crippen molar-refractivity contribution in [3.8, 4) is 0 Å². The lowest BCUT2D eigenvalue weighted by molar-refractivity contribution is -0.133. The number of hydrogen-bond donors (Lipinski definition) is 2. The highest BCUT2D eigenvalue weighted by Gasteiger charge is 2.30. The Hall–Kier alpha value is -2.94. The molecule has 0 radical (unpaired) electrons. The van der Waals surface area contributed by atoms with Crippen LogP contribution < -0.4 is 16.1 Å². The van der Waals surface area contributed by atoms with Gasteiger partial charge in [-0.25, -0.2) is 9.18 Å². The predicted octanol–water partition coefficient (Wildman–Crippen LogP) is 2.20. The number of rotatable bonds is 6. The quantitative estimate of drug-likeness (QED) is 0.707. The number of aromatic carboxylic acids is 1. The maximum atomic E-state index is 15.1. The maximum Gasteiger partial charge on any atom is 0.341 e. The van der Waals surface area contributed by atoms with E-state index < -0.39 is 23.3 Å². The number of benzene rings is 1. The van der Waals surface area contributed by atoms with Crippen LogP contribution in [0.5, 0.6) is 0 Å². The molecular formula is C23H29FN4O4. The molecule has 1 aromatic carbocycles. The lowest BCUT2D eigenvalue weighted by Gasteiger charge is -2.37. The van der Waals surface area contributed by atoms with Gasteiger partial charge in [0.15, 0.2) is 0 Å². The summed E-state index contributed by atoms with van der Waals surface area (Å²) < 4.78 is 16.8. The molecule has 1 aliphatic heterocycles. The molecule has 2 aliphatic rings. The second-order valence-corrected chi connectivity index (χ2v) is 9.18. The smallest absolute Gasteiger partial charge is 0.341 e. The Bertz CT molecular complexity index is 1120. The molecule has 1 saturated heterocycles. The monoisotopic (exact) mass is 444 g/mol. The van der Waals surface area contributed by atoms with Crippen LogP contribution in [0.2, 0.25) is 0 Å². The number of hydrogen-bond acceptors (Lipinski definition) is 5. The fourth-order valence-corrected chi connectivity index (χ4v) is 4.42. The summed E-state index contributed by atoms with van der Waals surface area (Å²) >= 11 is 0. The number of carboxylic acid groups (broad SMARTS) is 1. The van der Waals surface area contributed by atoms with Crippen LogP contribution in [0, 0.1) is 11.7 Å². The van der Waals surface area contributed by atoms with E-state index in [9.17, 15) is 19.5 Å². The van der Waals surface area contributed by atoms with Gasteiger partial charge in [0.05, 0.1) is 17.2 Å².